The largest absolute Gasteiger partial charge is 0.479 e. The molecule has 7 rings (SSSR count). The lowest BCUT2D eigenvalue weighted by Gasteiger charge is -2.38. The van der Waals surface area contributed by atoms with Crippen LogP contribution in [0.2, 0.25) is 5.02 Å². The van der Waals surface area contributed by atoms with Crippen molar-refractivity contribution in [3.8, 4) is 11.8 Å². The van der Waals surface area contributed by atoms with E-state index in [2.05, 4.69) is 29.5 Å². The number of carbonyl (C=O) groups excluding carboxylic acids is 3. The third kappa shape index (κ3) is 9.21. The van der Waals surface area contributed by atoms with Crippen molar-refractivity contribution in [2.75, 3.05) is 64.6 Å². The number of nitrogens with one attached hydrogen (secondary N) is 1. The van der Waals surface area contributed by atoms with Crippen LogP contribution in [-0.4, -0.2) is 174 Å². The quantitative estimate of drug-likeness (QED) is 0.136. The number of carboxylic acid groups (broad SMARTS) is 1. The molecule has 1 saturated carbocycles. The highest BCUT2D eigenvalue weighted by Gasteiger charge is 2.48. The number of hydrogen-bond donors (Lipinski definition) is 5. The number of nitrogens with zero attached hydrogens (tertiary/aromatic N) is 9. The van der Waals surface area contributed by atoms with Gasteiger partial charge in [-0.15, -0.1) is 4.37 Å². The van der Waals surface area contributed by atoms with Gasteiger partial charge in [0.1, 0.15) is 42.8 Å². The van der Waals surface area contributed by atoms with Gasteiger partial charge in [0.2, 0.25) is 11.4 Å². The summed E-state index contributed by atoms with van der Waals surface area (Å²) in [6.45, 7) is 1.38. The highest BCUT2D eigenvalue weighted by molar-refractivity contribution is 7.10. The average molecular weight is 889 g/mol. The Balaban J connectivity index is 0.878. The fraction of sp³-hybridized carbons (Fsp3) is 0.514. The number of anilines is 2. The predicted molar refractivity (Wildman–Crippen MR) is 216 cm³/mol. The topological polar surface area (TPSA) is 268 Å². The van der Waals surface area contributed by atoms with Gasteiger partial charge in [-0.1, -0.05) is 17.7 Å². The number of carboxylic acids is 1. The standard InChI is InChI=1S/C37H45ClN10O12S/c1-44(9-10-45(2)37(56)58-16-18-5-6-24(23(38)11-18)59-32-27(51)25(49)26(50)28(60-32)31(52)53)36(55)48-8-7-22-29(39-17-40-30(22)48)46(3)21-12-19-14-47(15-20(19)13-21)35(54)42-34-41-33(57-4)43-61-34/h5-8,11,17,19-21,25-28,32,49-51H,9-10,12-16H2,1-4H3,(H,52,53)(H,41,42,43,54)/t19-,20+,21?,25-,26-,27+,28-,32+/m0/s1. The van der Waals surface area contributed by atoms with Crippen LogP contribution >= 0.6 is 23.1 Å². The molecule has 1 unspecified atom stereocenters. The summed E-state index contributed by atoms with van der Waals surface area (Å²) in [4.78, 5) is 70.6. The molecule has 4 amide bonds. The molecule has 1 aromatic carbocycles. The Hall–Kier alpha value is -5.59. The molecule has 1 aliphatic carbocycles. The van der Waals surface area contributed by atoms with Crippen molar-refractivity contribution in [1.29, 1.82) is 0 Å². The minimum Gasteiger partial charge on any atom is -0.479 e. The molecule has 0 bridgehead atoms. The molecule has 8 atom stereocenters. The van der Waals surface area contributed by atoms with Crippen LogP contribution in [0, 0.1) is 11.8 Å². The predicted octanol–water partition coefficient (Wildman–Crippen LogP) is 1.76. The minimum absolute atomic E-state index is 0.0102. The number of likely N-dealkylation sites (tertiary alicyclic amines) is 1. The number of aliphatic hydroxyl groups is 3. The lowest BCUT2D eigenvalue weighted by Crippen LogP contribution is -2.61. The normalized spacial score (nSPS) is 24.6. The Morgan fingerprint density at radius 1 is 1.00 bits per heavy atom. The van der Waals surface area contributed by atoms with E-state index in [1.165, 1.54) is 53.1 Å². The zero-order valence-electron chi connectivity index (χ0n) is 33.4. The van der Waals surface area contributed by atoms with Crippen LogP contribution in [-0.2, 0) is 20.9 Å². The van der Waals surface area contributed by atoms with Gasteiger partial charge in [-0.2, -0.15) is 4.98 Å². The van der Waals surface area contributed by atoms with E-state index in [0.717, 1.165) is 24.4 Å². The van der Waals surface area contributed by atoms with E-state index in [4.69, 9.17) is 30.5 Å². The van der Waals surface area contributed by atoms with Gasteiger partial charge in [0, 0.05) is 71.1 Å². The van der Waals surface area contributed by atoms with E-state index in [0.29, 0.717) is 52.5 Å². The number of aromatic nitrogens is 5. The lowest BCUT2D eigenvalue weighted by molar-refractivity contribution is -0.271. The maximum atomic E-state index is 13.6. The van der Waals surface area contributed by atoms with E-state index >= 15 is 0 Å². The van der Waals surface area contributed by atoms with Crippen molar-refractivity contribution in [3.63, 3.8) is 0 Å². The van der Waals surface area contributed by atoms with Gasteiger partial charge in [-0.05, 0) is 48.4 Å². The van der Waals surface area contributed by atoms with E-state index in [-0.39, 0.29) is 54.6 Å². The second kappa shape index (κ2) is 18.2. The summed E-state index contributed by atoms with van der Waals surface area (Å²) in [5.41, 5.74) is 0.908. The first-order valence-corrected chi connectivity index (χ1v) is 20.3. The van der Waals surface area contributed by atoms with Gasteiger partial charge < -0.3 is 59.0 Å². The number of hydrogen-bond acceptors (Lipinski definition) is 17. The van der Waals surface area contributed by atoms with E-state index in [1.807, 2.05) is 18.0 Å². The second-order valence-electron chi connectivity index (χ2n) is 15.1. The van der Waals surface area contributed by atoms with Gasteiger partial charge in [0.25, 0.3) is 0 Å². The summed E-state index contributed by atoms with van der Waals surface area (Å²) in [6, 6.07) is 5.95. The van der Waals surface area contributed by atoms with Gasteiger partial charge in [-0.25, -0.2) is 29.1 Å². The molecule has 3 aliphatic rings. The SMILES string of the molecule is COc1nsc(NC(=O)N2C[C@H]3CC(N(C)c4ncnc5c4ccn5C(=O)N(C)CCN(C)C(=O)OCc4ccc(O[C@@H]5O[C@H](C(=O)O)[C@@H](O)[C@H](O)[C@H]5O)c(Cl)c4)C[C@H]3C2)n1. The summed E-state index contributed by atoms with van der Waals surface area (Å²) in [5, 5.41) is 43.4. The first-order chi connectivity index (χ1) is 29.1. The highest BCUT2D eigenvalue weighted by Crippen LogP contribution is 2.42. The van der Waals surface area contributed by atoms with E-state index in [1.54, 1.807) is 13.2 Å². The number of carbonyl (C=O) groups is 4. The number of aliphatic carboxylic acids is 1. The number of urea groups is 1. The Labute approximate surface area is 357 Å². The Morgan fingerprint density at radius 2 is 1.72 bits per heavy atom. The van der Waals surface area contributed by atoms with Crippen LogP contribution in [0.4, 0.5) is 25.3 Å². The fourth-order valence-corrected chi connectivity index (χ4v) is 8.52. The van der Waals surface area contributed by atoms with Gasteiger partial charge in [-0.3, -0.25) is 9.88 Å². The van der Waals surface area contributed by atoms with Gasteiger partial charge >= 0.3 is 30.1 Å². The molecular formula is C37H45ClN10O12S. The number of methoxy groups -OCH3 is 1. The molecule has 22 nitrogen and oxygen atoms in total. The highest BCUT2D eigenvalue weighted by atomic mass is 35.5. The summed E-state index contributed by atoms with van der Waals surface area (Å²) >= 11 is 7.39. The molecule has 328 valence electrons. The number of likely N-dealkylation sites (N-methyl/N-ethyl adjacent to an activating group) is 2. The number of amides is 4. The van der Waals surface area contributed by atoms with Crippen molar-refractivity contribution in [1.82, 2.24) is 38.6 Å². The van der Waals surface area contributed by atoms with E-state index in [9.17, 15) is 39.6 Å². The van der Waals surface area contributed by atoms with Crippen LogP contribution in [0.1, 0.15) is 18.4 Å². The molecule has 0 radical (unpaired) electrons. The zero-order chi connectivity index (χ0) is 43.7. The van der Waals surface area contributed by atoms with Crippen molar-refractivity contribution >= 4 is 69.2 Å². The smallest absolute Gasteiger partial charge is 0.409 e. The third-order valence-corrected chi connectivity index (χ3v) is 12.1. The molecule has 5 heterocycles. The van der Waals surface area contributed by atoms with Crippen LogP contribution in [0.5, 0.6) is 11.8 Å². The third-order valence-electron chi connectivity index (χ3n) is 11.2. The Kier molecular flexibility index (Phi) is 13.0. The number of aliphatic hydroxyl groups excluding tert-OH is 3. The van der Waals surface area contributed by atoms with Crippen LogP contribution in [0.25, 0.3) is 11.0 Å². The number of fused-ring (bicyclic) bond motifs is 2. The maximum Gasteiger partial charge on any atom is 0.409 e. The van der Waals surface area contributed by atoms with Gasteiger partial charge in [0.15, 0.2) is 11.8 Å². The molecular weight excluding hydrogens is 844 g/mol. The maximum absolute atomic E-state index is 13.6. The summed E-state index contributed by atoms with van der Waals surface area (Å²) in [5.74, 6) is -0.236. The van der Waals surface area contributed by atoms with Crippen molar-refractivity contribution in [2.45, 2.75) is 56.2 Å². The second-order valence-corrected chi connectivity index (χ2v) is 16.3. The van der Waals surface area contributed by atoms with Gasteiger partial charge in [0.05, 0.1) is 17.5 Å². The monoisotopic (exact) mass is 888 g/mol. The summed E-state index contributed by atoms with van der Waals surface area (Å²) < 4.78 is 26.5. The molecule has 61 heavy (non-hydrogen) atoms. The molecule has 3 fully saturated rings. The number of benzene rings is 1. The fourth-order valence-electron chi connectivity index (χ4n) is 7.74. The van der Waals surface area contributed by atoms with Crippen molar-refractivity contribution < 1.29 is 58.6 Å². The first kappa shape index (κ1) is 43.5. The molecule has 4 aromatic rings. The van der Waals surface area contributed by atoms with Crippen LogP contribution in [0.3, 0.4) is 0 Å². The molecule has 0 spiro atoms. The molecule has 24 heteroatoms. The van der Waals surface area contributed by atoms with Crippen LogP contribution < -0.4 is 19.7 Å². The number of ether oxygens (including phenoxy) is 4. The zero-order valence-corrected chi connectivity index (χ0v) is 35.0. The average Bonchev–Trinajstić information content (AvgIpc) is 4.06. The molecule has 2 saturated heterocycles. The van der Waals surface area contributed by atoms with Crippen molar-refractivity contribution in [3.05, 3.63) is 47.4 Å². The Bertz CT molecular complexity index is 2250. The number of halogens is 1. The molecule has 2 aliphatic heterocycles. The van der Waals surface area contributed by atoms with Crippen molar-refractivity contribution in [2.24, 2.45) is 11.8 Å². The summed E-state index contributed by atoms with van der Waals surface area (Å²) in [6.07, 6.45) is -4.85. The van der Waals surface area contributed by atoms with Crippen LogP contribution in [0.15, 0.2) is 36.8 Å². The molecule has 3 aromatic heterocycles. The lowest BCUT2D eigenvalue weighted by atomic mass is 9.99. The first-order valence-electron chi connectivity index (χ1n) is 19.1. The van der Waals surface area contributed by atoms with E-state index < -0.39 is 42.8 Å². The summed E-state index contributed by atoms with van der Waals surface area (Å²) in [7, 11) is 6.59. The molecule has 5 N–H and O–H groups in total. The Morgan fingerprint density at radius 3 is 2.39 bits per heavy atom. The number of rotatable bonds is 12. The minimum atomic E-state index is -1.88.